The predicted molar refractivity (Wildman–Crippen MR) is 104 cm³/mol. The molecule has 1 atom stereocenters. The van der Waals surface area contributed by atoms with Crippen molar-refractivity contribution >= 4 is 32.4 Å². The molecule has 5 rings (SSSR count). The molecule has 5 aromatic rings. The number of rotatable bonds is 3. The van der Waals surface area contributed by atoms with Gasteiger partial charge in [0.15, 0.2) is 4.96 Å². The Morgan fingerprint density at radius 1 is 1.12 bits per heavy atom. The van der Waals surface area contributed by atoms with Crippen LogP contribution < -0.4 is 5.73 Å². The van der Waals surface area contributed by atoms with Crippen LogP contribution in [0.5, 0.6) is 0 Å². The van der Waals surface area contributed by atoms with E-state index < -0.39 is 0 Å². The van der Waals surface area contributed by atoms with Crippen LogP contribution in [0.2, 0.25) is 0 Å². The van der Waals surface area contributed by atoms with E-state index in [4.69, 9.17) is 15.2 Å². The third kappa shape index (κ3) is 2.38. The van der Waals surface area contributed by atoms with Gasteiger partial charge in [0.25, 0.3) is 0 Å². The SMILES string of the molecule is CC(c1ccc(-c2cn3c(n2)sc2ccccc23)cc1)c1cc(N)on1. The summed E-state index contributed by atoms with van der Waals surface area (Å²) in [5.41, 5.74) is 10.9. The van der Waals surface area contributed by atoms with Crippen LogP contribution in [0.3, 0.4) is 0 Å². The number of hydrogen-bond donors (Lipinski definition) is 1. The fourth-order valence-electron chi connectivity index (χ4n) is 3.21. The van der Waals surface area contributed by atoms with Crippen molar-refractivity contribution in [1.29, 1.82) is 0 Å². The Bertz CT molecular complexity index is 1220. The van der Waals surface area contributed by atoms with Gasteiger partial charge >= 0.3 is 0 Å². The average molecular weight is 360 g/mol. The molecule has 26 heavy (non-hydrogen) atoms. The largest absolute Gasteiger partial charge is 0.368 e. The predicted octanol–water partition coefficient (Wildman–Crippen LogP) is 4.94. The fourth-order valence-corrected chi connectivity index (χ4v) is 4.22. The summed E-state index contributed by atoms with van der Waals surface area (Å²) < 4.78 is 8.38. The molecule has 0 aliphatic heterocycles. The Hall–Kier alpha value is -3.12. The molecule has 0 saturated carbocycles. The lowest BCUT2D eigenvalue weighted by atomic mass is 9.96. The monoisotopic (exact) mass is 360 g/mol. The number of hydrogen-bond acceptors (Lipinski definition) is 5. The van der Waals surface area contributed by atoms with E-state index in [1.54, 1.807) is 17.4 Å². The lowest BCUT2D eigenvalue weighted by Gasteiger charge is -2.08. The second kappa shape index (κ2) is 5.71. The Balaban J connectivity index is 1.49. The quantitative estimate of drug-likeness (QED) is 0.495. The van der Waals surface area contributed by atoms with Gasteiger partial charge in [-0.3, -0.25) is 4.40 Å². The first kappa shape index (κ1) is 15.2. The maximum atomic E-state index is 5.62. The zero-order chi connectivity index (χ0) is 17.7. The van der Waals surface area contributed by atoms with Gasteiger partial charge in [-0.25, -0.2) is 4.98 Å². The Morgan fingerprint density at radius 3 is 2.69 bits per heavy atom. The third-order valence-electron chi connectivity index (χ3n) is 4.70. The molecule has 0 radical (unpaired) electrons. The van der Waals surface area contributed by atoms with E-state index >= 15 is 0 Å². The van der Waals surface area contributed by atoms with Crippen LogP contribution in [-0.4, -0.2) is 14.5 Å². The number of nitrogens with two attached hydrogens (primary N) is 1. The van der Waals surface area contributed by atoms with Crippen molar-refractivity contribution in [3.8, 4) is 11.3 Å². The lowest BCUT2D eigenvalue weighted by molar-refractivity contribution is 0.425. The van der Waals surface area contributed by atoms with Gasteiger partial charge in [-0.2, -0.15) is 0 Å². The van der Waals surface area contributed by atoms with Crippen molar-refractivity contribution in [2.75, 3.05) is 5.73 Å². The van der Waals surface area contributed by atoms with Crippen molar-refractivity contribution in [2.45, 2.75) is 12.8 Å². The number of nitrogen functional groups attached to an aromatic ring is 1. The molecule has 0 aliphatic carbocycles. The van der Waals surface area contributed by atoms with Gasteiger partial charge in [0.1, 0.15) is 0 Å². The molecule has 3 heterocycles. The van der Waals surface area contributed by atoms with Crippen LogP contribution in [0.4, 0.5) is 5.88 Å². The molecule has 0 spiro atoms. The van der Waals surface area contributed by atoms with E-state index in [1.165, 1.54) is 10.2 Å². The minimum Gasteiger partial charge on any atom is -0.368 e. The molecular formula is C20H16N4OS. The molecule has 0 amide bonds. The number of imidazole rings is 1. The van der Waals surface area contributed by atoms with Gasteiger partial charge in [-0.05, 0) is 17.7 Å². The highest BCUT2D eigenvalue weighted by Crippen LogP contribution is 2.30. The molecule has 0 bridgehead atoms. The smallest absolute Gasteiger partial charge is 0.222 e. The van der Waals surface area contributed by atoms with E-state index in [-0.39, 0.29) is 5.92 Å². The summed E-state index contributed by atoms with van der Waals surface area (Å²) in [5.74, 6) is 0.466. The molecule has 0 saturated heterocycles. The molecule has 0 aliphatic rings. The second-order valence-corrected chi connectivity index (χ2v) is 7.36. The third-order valence-corrected chi connectivity index (χ3v) is 5.73. The minimum atomic E-state index is 0.125. The van der Waals surface area contributed by atoms with Crippen LogP contribution in [0.25, 0.3) is 26.4 Å². The molecular weight excluding hydrogens is 344 g/mol. The van der Waals surface area contributed by atoms with Gasteiger partial charge < -0.3 is 10.3 Å². The maximum Gasteiger partial charge on any atom is 0.222 e. The number of benzene rings is 2. The fraction of sp³-hybridized carbons (Fsp3) is 0.100. The molecule has 2 N–H and O–H groups in total. The van der Waals surface area contributed by atoms with Gasteiger partial charge in [0, 0.05) is 23.7 Å². The Kier molecular flexibility index (Phi) is 3.33. The number of anilines is 1. The molecule has 2 aromatic carbocycles. The summed E-state index contributed by atoms with van der Waals surface area (Å²) in [6, 6.07) is 18.6. The zero-order valence-corrected chi connectivity index (χ0v) is 14.9. The second-order valence-electron chi connectivity index (χ2n) is 6.35. The summed E-state index contributed by atoms with van der Waals surface area (Å²) in [5, 5.41) is 4.01. The zero-order valence-electron chi connectivity index (χ0n) is 14.1. The molecule has 3 aromatic heterocycles. The number of fused-ring (bicyclic) bond motifs is 3. The minimum absolute atomic E-state index is 0.125. The topological polar surface area (TPSA) is 69.3 Å². The normalized spacial score (nSPS) is 12.8. The van der Waals surface area contributed by atoms with Crippen molar-refractivity contribution in [3.05, 3.63) is 72.1 Å². The Labute approximate surface area is 153 Å². The van der Waals surface area contributed by atoms with Gasteiger partial charge in [-0.1, -0.05) is 59.8 Å². The molecule has 5 nitrogen and oxygen atoms in total. The van der Waals surface area contributed by atoms with Crippen molar-refractivity contribution < 1.29 is 4.52 Å². The average Bonchev–Trinajstić information content (AvgIpc) is 3.35. The van der Waals surface area contributed by atoms with Gasteiger partial charge in [0.05, 0.1) is 21.6 Å². The summed E-state index contributed by atoms with van der Waals surface area (Å²) in [6.07, 6.45) is 2.10. The first-order chi connectivity index (χ1) is 12.7. The molecule has 1 unspecified atom stereocenters. The highest BCUT2D eigenvalue weighted by atomic mass is 32.1. The summed E-state index contributed by atoms with van der Waals surface area (Å²) in [7, 11) is 0. The number of nitrogens with zero attached hydrogens (tertiary/aromatic N) is 3. The van der Waals surface area contributed by atoms with E-state index in [2.05, 4.69) is 71.2 Å². The van der Waals surface area contributed by atoms with E-state index in [9.17, 15) is 0 Å². The lowest BCUT2D eigenvalue weighted by Crippen LogP contribution is -1.96. The van der Waals surface area contributed by atoms with Crippen LogP contribution in [0, 0.1) is 0 Å². The van der Waals surface area contributed by atoms with Crippen molar-refractivity contribution in [2.24, 2.45) is 0 Å². The van der Waals surface area contributed by atoms with Crippen molar-refractivity contribution in [3.63, 3.8) is 0 Å². The summed E-state index contributed by atoms with van der Waals surface area (Å²) in [4.78, 5) is 5.80. The van der Waals surface area contributed by atoms with Crippen LogP contribution in [0.15, 0.2) is 65.3 Å². The summed E-state index contributed by atoms with van der Waals surface area (Å²) >= 11 is 1.71. The number of para-hydroxylation sites is 1. The van der Waals surface area contributed by atoms with Crippen LogP contribution in [0.1, 0.15) is 24.1 Å². The maximum absolute atomic E-state index is 5.62. The standard InChI is InChI=1S/C20H16N4OS/c1-12(15-10-19(21)25-23-15)13-6-8-14(9-7-13)16-11-24-17-4-2-3-5-18(17)26-20(24)22-16/h2-12H,21H2,1H3. The van der Waals surface area contributed by atoms with Crippen LogP contribution >= 0.6 is 11.3 Å². The van der Waals surface area contributed by atoms with Crippen LogP contribution in [-0.2, 0) is 0 Å². The van der Waals surface area contributed by atoms with E-state index in [0.717, 1.165) is 27.5 Å². The van der Waals surface area contributed by atoms with E-state index in [0.29, 0.717) is 5.88 Å². The van der Waals surface area contributed by atoms with Gasteiger partial charge in [0.2, 0.25) is 5.88 Å². The molecule has 0 fully saturated rings. The van der Waals surface area contributed by atoms with E-state index in [1.807, 2.05) is 0 Å². The Morgan fingerprint density at radius 2 is 1.92 bits per heavy atom. The summed E-state index contributed by atoms with van der Waals surface area (Å²) in [6.45, 7) is 2.09. The first-order valence-electron chi connectivity index (χ1n) is 8.38. The van der Waals surface area contributed by atoms with Crippen molar-refractivity contribution in [1.82, 2.24) is 14.5 Å². The number of aromatic nitrogens is 3. The highest BCUT2D eigenvalue weighted by Gasteiger charge is 2.14. The first-order valence-corrected chi connectivity index (χ1v) is 9.20. The number of thiazole rings is 1. The van der Waals surface area contributed by atoms with Gasteiger partial charge in [-0.15, -0.1) is 0 Å². The molecule has 128 valence electrons. The highest BCUT2D eigenvalue weighted by molar-refractivity contribution is 7.23. The molecule has 6 heteroatoms.